The Hall–Kier alpha value is -0.850. The molecule has 1 aromatic heterocycles. The molecule has 0 aromatic carbocycles. The normalized spacial score (nSPS) is 12.4. The van der Waals surface area contributed by atoms with Gasteiger partial charge in [-0.25, -0.2) is 4.98 Å². The van der Waals surface area contributed by atoms with Gasteiger partial charge < -0.3 is 20.5 Å². The molecule has 0 bridgehead atoms. The highest BCUT2D eigenvalue weighted by atomic mass is 79.9. The van der Waals surface area contributed by atoms with Crippen LogP contribution in [0.25, 0.3) is 0 Å². The lowest BCUT2D eigenvalue weighted by atomic mass is 10.3. The fourth-order valence-corrected chi connectivity index (χ4v) is 1.70. The number of pyridine rings is 1. The molecule has 0 aliphatic rings. The summed E-state index contributed by atoms with van der Waals surface area (Å²) >= 11 is 3.38. The summed E-state index contributed by atoms with van der Waals surface area (Å²) in [4.78, 5) is 4.16. The quantitative estimate of drug-likeness (QED) is 0.831. The third-order valence-corrected chi connectivity index (χ3v) is 2.65. The minimum absolute atomic E-state index is 0.00347. The summed E-state index contributed by atoms with van der Waals surface area (Å²) in [6.45, 7) is 1.16. The van der Waals surface area contributed by atoms with E-state index in [1.54, 1.807) is 26.5 Å². The van der Waals surface area contributed by atoms with Gasteiger partial charge >= 0.3 is 0 Å². The lowest BCUT2D eigenvalue weighted by Crippen LogP contribution is -2.27. The SMILES string of the molecule is COCC(CNc1ncc(N)cc1Br)OC. The van der Waals surface area contributed by atoms with Crippen LogP contribution in [0.1, 0.15) is 0 Å². The minimum Gasteiger partial charge on any atom is -0.397 e. The molecule has 16 heavy (non-hydrogen) atoms. The summed E-state index contributed by atoms with van der Waals surface area (Å²) in [5.74, 6) is 0.743. The van der Waals surface area contributed by atoms with Crippen LogP contribution in [0.3, 0.4) is 0 Å². The van der Waals surface area contributed by atoms with Crippen LogP contribution in [0.5, 0.6) is 0 Å². The van der Waals surface area contributed by atoms with Crippen LogP contribution in [-0.2, 0) is 9.47 Å². The molecule has 1 unspecified atom stereocenters. The Morgan fingerprint density at radius 2 is 2.31 bits per heavy atom. The first-order valence-electron chi connectivity index (χ1n) is 4.84. The number of methoxy groups -OCH3 is 2. The first kappa shape index (κ1) is 13.2. The number of nitrogens with two attached hydrogens (primary N) is 1. The highest BCUT2D eigenvalue weighted by Gasteiger charge is 2.08. The molecule has 0 aliphatic heterocycles. The van der Waals surface area contributed by atoms with Crippen molar-refractivity contribution in [2.75, 3.05) is 38.4 Å². The molecule has 3 N–H and O–H groups in total. The smallest absolute Gasteiger partial charge is 0.140 e. The number of nitrogens with zero attached hydrogens (tertiary/aromatic N) is 1. The second kappa shape index (κ2) is 6.67. The molecule has 1 heterocycles. The molecule has 90 valence electrons. The summed E-state index contributed by atoms with van der Waals surface area (Å²) in [7, 11) is 3.29. The molecule has 0 amide bonds. The van der Waals surface area contributed by atoms with Gasteiger partial charge in [0.05, 0.1) is 29.1 Å². The zero-order valence-corrected chi connectivity index (χ0v) is 11.0. The van der Waals surface area contributed by atoms with Crippen molar-refractivity contribution in [3.05, 3.63) is 16.7 Å². The average molecular weight is 290 g/mol. The Bertz CT molecular complexity index is 336. The van der Waals surface area contributed by atoms with E-state index in [-0.39, 0.29) is 6.10 Å². The molecule has 0 radical (unpaired) electrons. The fraction of sp³-hybridized carbons (Fsp3) is 0.500. The van der Waals surface area contributed by atoms with Gasteiger partial charge in [0.25, 0.3) is 0 Å². The van der Waals surface area contributed by atoms with Gasteiger partial charge in [-0.3, -0.25) is 0 Å². The number of ether oxygens (including phenoxy) is 2. The van der Waals surface area contributed by atoms with Crippen molar-refractivity contribution in [3.8, 4) is 0 Å². The lowest BCUT2D eigenvalue weighted by Gasteiger charge is -2.16. The van der Waals surface area contributed by atoms with Gasteiger partial charge in [-0.2, -0.15) is 0 Å². The van der Waals surface area contributed by atoms with E-state index >= 15 is 0 Å². The van der Waals surface area contributed by atoms with Gasteiger partial charge in [0, 0.05) is 20.8 Å². The van der Waals surface area contributed by atoms with Crippen molar-refractivity contribution in [1.82, 2.24) is 4.98 Å². The monoisotopic (exact) mass is 289 g/mol. The maximum absolute atomic E-state index is 5.59. The van der Waals surface area contributed by atoms with Gasteiger partial charge in [0.1, 0.15) is 5.82 Å². The number of halogens is 1. The maximum atomic E-state index is 5.59. The largest absolute Gasteiger partial charge is 0.397 e. The van der Waals surface area contributed by atoms with Crippen molar-refractivity contribution < 1.29 is 9.47 Å². The van der Waals surface area contributed by atoms with Crippen LogP contribution in [-0.4, -0.2) is 38.5 Å². The van der Waals surface area contributed by atoms with Crippen LogP contribution in [0.4, 0.5) is 11.5 Å². The van der Waals surface area contributed by atoms with E-state index < -0.39 is 0 Å². The molecule has 0 fully saturated rings. The summed E-state index contributed by atoms with van der Waals surface area (Å²) < 4.78 is 11.1. The highest BCUT2D eigenvalue weighted by Crippen LogP contribution is 2.21. The maximum Gasteiger partial charge on any atom is 0.140 e. The van der Waals surface area contributed by atoms with Crippen LogP contribution >= 0.6 is 15.9 Å². The van der Waals surface area contributed by atoms with Gasteiger partial charge in [0.15, 0.2) is 0 Å². The van der Waals surface area contributed by atoms with Crippen molar-refractivity contribution in [2.45, 2.75) is 6.10 Å². The Morgan fingerprint density at radius 3 is 2.88 bits per heavy atom. The summed E-state index contributed by atoms with van der Waals surface area (Å²) in [5, 5.41) is 3.16. The zero-order valence-electron chi connectivity index (χ0n) is 9.37. The molecule has 0 aliphatic carbocycles. The first-order chi connectivity index (χ1) is 7.67. The Kier molecular flexibility index (Phi) is 5.51. The number of nitrogen functional groups attached to an aromatic ring is 1. The van der Waals surface area contributed by atoms with Crippen molar-refractivity contribution >= 4 is 27.4 Å². The minimum atomic E-state index is -0.00347. The van der Waals surface area contributed by atoms with Crippen LogP contribution in [0.15, 0.2) is 16.7 Å². The first-order valence-corrected chi connectivity index (χ1v) is 5.63. The third kappa shape index (κ3) is 3.96. The van der Waals surface area contributed by atoms with Crippen LogP contribution in [0.2, 0.25) is 0 Å². The van der Waals surface area contributed by atoms with Crippen LogP contribution < -0.4 is 11.1 Å². The van der Waals surface area contributed by atoms with Gasteiger partial charge in [0.2, 0.25) is 0 Å². The lowest BCUT2D eigenvalue weighted by molar-refractivity contribution is 0.0365. The second-order valence-electron chi connectivity index (χ2n) is 3.29. The summed E-state index contributed by atoms with van der Waals surface area (Å²) in [5.41, 5.74) is 6.22. The highest BCUT2D eigenvalue weighted by molar-refractivity contribution is 9.10. The standard InChI is InChI=1S/C10H16BrN3O2/c1-15-6-8(16-2)5-14-10-9(11)3-7(12)4-13-10/h3-4,8H,5-6,12H2,1-2H3,(H,13,14). The molecule has 0 saturated heterocycles. The number of nitrogens with one attached hydrogen (secondary N) is 1. The number of hydrogen-bond acceptors (Lipinski definition) is 5. The van der Waals surface area contributed by atoms with E-state index in [0.29, 0.717) is 18.8 Å². The molecule has 1 aromatic rings. The third-order valence-electron chi connectivity index (χ3n) is 2.05. The van der Waals surface area contributed by atoms with Crippen molar-refractivity contribution in [2.24, 2.45) is 0 Å². The second-order valence-corrected chi connectivity index (χ2v) is 4.15. The molecule has 0 saturated carbocycles. The fourth-order valence-electron chi connectivity index (χ4n) is 1.19. The number of hydrogen-bond donors (Lipinski definition) is 2. The van der Waals surface area contributed by atoms with Gasteiger partial charge in [-0.05, 0) is 22.0 Å². The van der Waals surface area contributed by atoms with E-state index in [4.69, 9.17) is 15.2 Å². The average Bonchev–Trinajstić information content (AvgIpc) is 2.26. The molecule has 1 rings (SSSR count). The van der Waals surface area contributed by atoms with E-state index in [2.05, 4.69) is 26.2 Å². The topological polar surface area (TPSA) is 69.4 Å². The number of aromatic nitrogens is 1. The van der Waals surface area contributed by atoms with E-state index in [9.17, 15) is 0 Å². The van der Waals surface area contributed by atoms with Crippen molar-refractivity contribution in [3.63, 3.8) is 0 Å². The molecule has 0 spiro atoms. The zero-order chi connectivity index (χ0) is 12.0. The summed E-state index contributed by atoms with van der Waals surface area (Å²) in [6, 6.07) is 1.80. The predicted octanol–water partition coefficient (Wildman–Crippen LogP) is 1.50. The van der Waals surface area contributed by atoms with Crippen molar-refractivity contribution in [1.29, 1.82) is 0 Å². The Morgan fingerprint density at radius 1 is 1.56 bits per heavy atom. The van der Waals surface area contributed by atoms with E-state index in [1.165, 1.54) is 0 Å². The summed E-state index contributed by atoms with van der Waals surface area (Å²) in [6.07, 6.45) is 1.60. The van der Waals surface area contributed by atoms with E-state index in [0.717, 1.165) is 10.3 Å². The molecule has 5 nitrogen and oxygen atoms in total. The number of rotatable bonds is 6. The van der Waals surface area contributed by atoms with Gasteiger partial charge in [-0.1, -0.05) is 0 Å². The number of anilines is 2. The Labute approximate surface area is 103 Å². The van der Waals surface area contributed by atoms with Gasteiger partial charge in [-0.15, -0.1) is 0 Å². The van der Waals surface area contributed by atoms with E-state index in [1.807, 2.05) is 0 Å². The molecular weight excluding hydrogens is 274 g/mol. The Balaban J connectivity index is 2.53. The van der Waals surface area contributed by atoms with Crippen LogP contribution in [0, 0.1) is 0 Å². The predicted molar refractivity (Wildman–Crippen MR) is 67.5 cm³/mol. The molecule has 6 heteroatoms. The molecule has 1 atom stereocenters. The molecular formula is C10H16BrN3O2.